The summed E-state index contributed by atoms with van der Waals surface area (Å²) in [5, 5.41) is 0. The molecule has 17 heavy (non-hydrogen) atoms. The summed E-state index contributed by atoms with van der Waals surface area (Å²) in [6.45, 7) is 0. The van der Waals surface area contributed by atoms with Crippen LogP contribution in [0.4, 0.5) is 5.69 Å². The maximum absolute atomic E-state index is 5.32. The zero-order valence-electron chi connectivity index (χ0n) is 8.91. The Morgan fingerprint density at radius 1 is 1.12 bits per heavy atom. The molecule has 3 aromatic rings. The highest BCUT2D eigenvalue weighted by molar-refractivity contribution is 5.72. The van der Waals surface area contributed by atoms with E-state index in [1.807, 2.05) is 28.8 Å². The molecule has 3 N–H and O–H groups in total. The third-order valence-electron chi connectivity index (χ3n) is 2.54. The van der Waals surface area contributed by atoms with Crippen LogP contribution in [0.5, 0.6) is 0 Å². The first kappa shape index (κ1) is 9.73. The summed E-state index contributed by atoms with van der Waals surface area (Å²) in [4.78, 5) is 12.3. The topological polar surface area (TPSA) is 81.6 Å². The van der Waals surface area contributed by atoms with Crippen molar-refractivity contribution in [1.82, 2.24) is 19.5 Å². The molecule has 84 valence electrons. The molecule has 1 aromatic carbocycles. The lowest BCUT2D eigenvalue weighted by molar-refractivity contribution is 1.09. The predicted octanol–water partition coefficient (Wildman–Crippen LogP) is 1.10. The first-order chi connectivity index (χ1) is 8.38. The second kappa shape index (κ2) is 3.84. The third-order valence-corrected chi connectivity index (χ3v) is 2.54. The molecule has 0 aliphatic heterocycles. The predicted molar refractivity (Wildman–Crippen MR) is 64.5 cm³/mol. The van der Waals surface area contributed by atoms with E-state index in [-0.39, 0.29) is 0 Å². The summed E-state index contributed by atoms with van der Waals surface area (Å²) in [6.07, 6.45) is 4.95. The molecule has 2 heterocycles. The first-order valence-corrected chi connectivity index (χ1v) is 5.08. The summed E-state index contributed by atoms with van der Waals surface area (Å²) < 4.78 is 1.93. The zero-order valence-corrected chi connectivity index (χ0v) is 8.91. The van der Waals surface area contributed by atoms with Crippen molar-refractivity contribution in [3.63, 3.8) is 0 Å². The van der Waals surface area contributed by atoms with E-state index in [1.54, 1.807) is 12.5 Å². The molecular weight excluding hydrogens is 216 g/mol. The van der Waals surface area contributed by atoms with E-state index in [9.17, 15) is 0 Å². The smallest absolute Gasteiger partial charge is 0.181 e. The van der Waals surface area contributed by atoms with Gasteiger partial charge in [0.05, 0.1) is 6.20 Å². The summed E-state index contributed by atoms with van der Waals surface area (Å²) in [5.74, 6) is 5.32. The van der Waals surface area contributed by atoms with E-state index >= 15 is 0 Å². The van der Waals surface area contributed by atoms with Gasteiger partial charge in [0.25, 0.3) is 0 Å². The summed E-state index contributed by atoms with van der Waals surface area (Å²) in [7, 11) is 0. The van der Waals surface area contributed by atoms with Crippen LogP contribution in [0.3, 0.4) is 0 Å². The van der Waals surface area contributed by atoms with Gasteiger partial charge in [0, 0.05) is 11.4 Å². The molecule has 0 saturated carbocycles. The molecule has 2 aromatic heterocycles. The number of nitrogens with two attached hydrogens (primary N) is 1. The minimum Gasteiger partial charge on any atom is -0.324 e. The number of rotatable bonds is 2. The standard InChI is InChI=1S/C11H10N6/c12-16-8-1-3-9(4-2-8)17-7-15-11-10(17)5-13-6-14-11/h1-7,16H,12H2. The second-order valence-corrected chi connectivity index (χ2v) is 3.54. The number of imidazole rings is 1. The first-order valence-electron chi connectivity index (χ1n) is 5.08. The molecule has 0 atom stereocenters. The molecule has 0 radical (unpaired) electrons. The summed E-state index contributed by atoms with van der Waals surface area (Å²) >= 11 is 0. The lowest BCUT2D eigenvalue weighted by Gasteiger charge is -2.05. The average Bonchev–Trinajstić information content (AvgIpc) is 2.83. The summed E-state index contributed by atoms with van der Waals surface area (Å²) in [5.41, 5.74) is 5.99. The van der Waals surface area contributed by atoms with Gasteiger partial charge in [-0.3, -0.25) is 10.4 Å². The highest BCUT2D eigenvalue weighted by Crippen LogP contribution is 2.17. The Labute approximate surface area is 97.1 Å². The molecule has 6 nitrogen and oxygen atoms in total. The summed E-state index contributed by atoms with van der Waals surface area (Å²) in [6, 6.07) is 7.68. The lowest BCUT2D eigenvalue weighted by atomic mass is 10.3. The molecule has 0 aliphatic carbocycles. The molecular formula is C11H10N6. The van der Waals surface area contributed by atoms with Crippen molar-refractivity contribution in [2.24, 2.45) is 5.84 Å². The molecule has 0 saturated heterocycles. The maximum atomic E-state index is 5.32. The van der Waals surface area contributed by atoms with Crippen LogP contribution in [-0.4, -0.2) is 19.5 Å². The highest BCUT2D eigenvalue weighted by Gasteiger charge is 2.04. The Hall–Kier alpha value is -2.47. The Balaban J connectivity index is 2.13. The number of hydrogen-bond acceptors (Lipinski definition) is 5. The van der Waals surface area contributed by atoms with Gasteiger partial charge in [0.1, 0.15) is 18.2 Å². The van der Waals surface area contributed by atoms with Crippen LogP contribution in [0, 0.1) is 0 Å². The van der Waals surface area contributed by atoms with E-state index in [4.69, 9.17) is 5.84 Å². The van der Waals surface area contributed by atoms with Crippen LogP contribution in [-0.2, 0) is 0 Å². The highest BCUT2D eigenvalue weighted by atomic mass is 15.2. The maximum Gasteiger partial charge on any atom is 0.181 e. The quantitative estimate of drug-likeness (QED) is 0.505. The molecule has 0 unspecified atom stereocenters. The van der Waals surface area contributed by atoms with Crippen LogP contribution in [0.15, 0.2) is 43.1 Å². The van der Waals surface area contributed by atoms with Gasteiger partial charge in [-0.1, -0.05) is 0 Å². The van der Waals surface area contributed by atoms with Crippen LogP contribution in [0.2, 0.25) is 0 Å². The van der Waals surface area contributed by atoms with Crippen molar-refractivity contribution < 1.29 is 0 Å². The number of hydrogen-bond donors (Lipinski definition) is 2. The van der Waals surface area contributed by atoms with Crippen molar-refractivity contribution >= 4 is 16.9 Å². The molecule has 0 bridgehead atoms. The minimum atomic E-state index is 0.682. The van der Waals surface area contributed by atoms with Crippen LogP contribution in [0.25, 0.3) is 16.9 Å². The van der Waals surface area contributed by atoms with Gasteiger partial charge in [-0.05, 0) is 24.3 Å². The fourth-order valence-electron chi connectivity index (χ4n) is 1.68. The average molecular weight is 226 g/mol. The number of benzene rings is 1. The Kier molecular flexibility index (Phi) is 2.20. The van der Waals surface area contributed by atoms with Gasteiger partial charge in [-0.15, -0.1) is 0 Å². The van der Waals surface area contributed by atoms with Crippen molar-refractivity contribution in [1.29, 1.82) is 0 Å². The Morgan fingerprint density at radius 2 is 1.94 bits per heavy atom. The molecule has 6 heteroatoms. The molecule has 0 aliphatic rings. The molecule has 3 rings (SSSR count). The van der Waals surface area contributed by atoms with Crippen molar-refractivity contribution in [2.75, 3.05) is 5.43 Å². The Morgan fingerprint density at radius 3 is 2.71 bits per heavy atom. The number of nitrogen functional groups attached to an aromatic ring is 1. The van der Waals surface area contributed by atoms with Crippen molar-refractivity contribution in [2.45, 2.75) is 0 Å². The van der Waals surface area contributed by atoms with Gasteiger partial charge in [0.15, 0.2) is 5.65 Å². The van der Waals surface area contributed by atoms with E-state index in [2.05, 4.69) is 20.4 Å². The van der Waals surface area contributed by atoms with E-state index in [1.165, 1.54) is 6.33 Å². The van der Waals surface area contributed by atoms with Gasteiger partial charge >= 0.3 is 0 Å². The largest absolute Gasteiger partial charge is 0.324 e. The monoisotopic (exact) mass is 226 g/mol. The van der Waals surface area contributed by atoms with E-state index < -0.39 is 0 Å². The zero-order chi connectivity index (χ0) is 11.7. The fraction of sp³-hybridized carbons (Fsp3) is 0. The lowest BCUT2D eigenvalue weighted by Crippen LogP contribution is -2.06. The van der Waals surface area contributed by atoms with Crippen LogP contribution < -0.4 is 11.3 Å². The van der Waals surface area contributed by atoms with E-state index in [0.29, 0.717) is 5.65 Å². The SMILES string of the molecule is NNc1ccc(-n2cnc3ncncc32)cc1. The fourth-order valence-corrected chi connectivity index (χ4v) is 1.68. The number of nitrogens with zero attached hydrogens (tertiary/aromatic N) is 4. The van der Waals surface area contributed by atoms with E-state index in [0.717, 1.165) is 16.9 Å². The Bertz CT molecular complexity index is 642. The number of aromatic nitrogens is 4. The number of anilines is 1. The molecule has 0 amide bonds. The number of hydrazine groups is 1. The second-order valence-electron chi connectivity index (χ2n) is 3.54. The van der Waals surface area contributed by atoms with Crippen molar-refractivity contribution in [3.8, 4) is 5.69 Å². The van der Waals surface area contributed by atoms with Gasteiger partial charge in [-0.25, -0.2) is 15.0 Å². The molecule has 0 spiro atoms. The minimum absolute atomic E-state index is 0.682. The third kappa shape index (κ3) is 1.60. The number of fused-ring (bicyclic) bond motifs is 1. The normalized spacial score (nSPS) is 10.6. The number of nitrogens with one attached hydrogen (secondary N) is 1. The van der Waals surface area contributed by atoms with Gasteiger partial charge in [-0.2, -0.15) is 0 Å². The van der Waals surface area contributed by atoms with Crippen LogP contribution in [0.1, 0.15) is 0 Å². The molecule has 0 fully saturated rings. The van der Waals surface area contributed by atoms with Crippen molar-refractivity contribution in [3.05, 3.63) is 43.1 Å². The van der Waals surface area contributed by atoms with Crippen LogP contribution >= 0.6 is 0 Å². The van der Waals surface area contributed by atoms with Gasteiger partial charge in [0.2, 0.25) is 0 Å². The van der Waals surface area contributed by atoms with Gasteiger partial charge < -0.3 is 5.43 Å².